The standard InChI is InChI=1S/C20H23NO5/c1-4-26-20(24)17-11(2)8-15-18(19(17)23)14(10-16(22)21-15)12-6-5-7-13(9-12)25-3/h5-7,9,11,14,17H,4,8,10H2,1-3H3,(H,21,22). The molecule has 0 radical (unpaired) electrons. The lowest BCUT2D eigenvalue weighted by Gasteiger charge is -2.36. The third kappa shape index (κ3) is 3.23. The van der Waals surface area contributed by atoms with E-state index in [9.17, 15) is 14.4 Å². The van der Waals surface area contributed by atoms with E-state index in [2.05, 4.69) is 5.32 Å². The van der Waals surface area contributed by atoms with E-state index in [0.717, 1.165) is 5.56 Å². The van der Waals surface area contributed by atoms with E-state index in [-0.39, 0.29) is 36.6 Å². The highest BCUT2D eigenvalue weighted by molar-refractivity contribution is 6.11. The molecule has 6 heteroatoms. The summed E-state index contributed by atoms with van der Waals surface area (Å²) >= 11 is 0. The topological polar surface area (TPSA) is 81.7 Å². The van der Waals surface area contributed by atoms with Crippen molar-refractivity contribution in [2.45, 2.75) is 32.6 Å². The minimum atomic E-state index is -0.822. The molecule has 0 spiro atoms. The molecule has 0 aromatic heterocycles. The molecule has 0 saturated carbocycles. The van der Waals surface area contributed by atoms with Crippen molar-refractivity contribution in [2.75, 3.05) is 13.7 Å². The highest BCUT2D eigenvalue weighted by Gasteiger charge is 2.45. The van der Waals surface area contributed by atoms with Crippen molar-refractivity contribution in [1.29, 1.82) is 0 Å². The highest BCUT2D eigenvalue weighted by Crippen LogP contribution is 2.42. The van der Waals surface area contributed by atoms with Crippen LogP contribution in [-0.2, 0) is 19.1 Å². The van der Waals surface area contributed by atoms with Crippen molar-refractivity contribution in [1.82, 2.24) is 5.32 Å². The zero-order valence-electron chi connectivity index (χ0n) is 15.2. The second kappa shape index (κ2) is 7.32. The quantitative estimate of drug-likeness (QED) is 0.661. The molecule has 1 aromatic carbocycles. The Bertz CT molecular complexity index is 782. The number of allylic oxidation sites excluding steroid dienone is 2. The van der Waals surface area contributed by atoms with Crippen LogP contribution in [0.3, 0.4) is 0 Å². The monoisotopic (exact) mass is 357 g/mol. The molecule has 1 aliphatic carbocycles. The summed E-state index contributed by atoms with van der Waals surface area (Å²) in [5.74, 6) is -1.62. The number of nitrogens with one attached hydrogen (secondary N) is 1. The fourth-order valence-electron chi connectivity index (χ4n) is 3.85. The Labute approximate surface area is 152 Å². The van der Waals surface area contributed by atoms with Gasteiger partial charge in [-0.05, 0) is 37.0 Å². The third-order valence-corrected chi connectivity index (χ3v) is 5.03. The van der Waals surface area contributed by atoms with E-state index in [0.29, 0.717) is 23.4 Å². The average Bonchev–Trinajstić information content (AvgIpc) is 2.61. The summed E-state index contributed by atoms with van der Waals surface area (Å²) in [4.78, 5) is 37.7. The predicted molar refractivity (Wildman–Crippen MR) is 94.4 cm³/mol. The van der Waals surface area contributed by atoms with Gasteiger partial charge >= 0.3 is 5.97 Å². The zero-order valence-corrected chi connectivity index (χ0v) is 15.2. The SMILES string of the molecule is CCOC(=O)C1C(=O)C2=C(CC1C)NC(=O)CC2c1cccc(OC)c1. The van der Waals surface area contributed by atoms with Crippen molar-refractivity contribution in [3.8, 4) is 5.75 Å². The number of hydrogen-bond donors (Lipinski definition) is 1. The molecule has 26 heavy (non-hydrogen) atoms. The number of carbonyl (C=O) groups is 3. The van der Waals surface area contributed by atoms with Crippen LogP contribution < -0.4 is 10.1 Å². The van der Waals surface area contributed by atoms with Crippen LogP contribution in [0.2, 0.25) is 0 Å². The molecule has 1 aliphatic heterocycles. The number of rotatable bonds is 4. The molecule has 6 nitrogen and oxygen atoms in total. The first-order valence-electron chi connectivity index (χ1n) is 8.84. The van der Waals surface area contributed by atoms with Gasteiger partial charge in [0, 0.05) is 23.6 Å². The summed E-state index contributed by atoms with van der Waals surface area (Å²) in [6.45, 7) is 3.79. The number of methoxy groups -OCH3 is 1. The zero-order chi connectivity index (χ0) is 18.8. The number of hydrogen-bond acceptors (Lipinski definition) is 5. The maximum absolute atomic E-state index is 13.2. The number of carbonyl (C=O) groups excluding carboxylic acids is 3. The van der Waals surface area contributed by atoms with E-state index in [1.54, 1.807) is 14.0 Å². The van der Waals surface area contributed by atoms with Crippen molar-refractivity contribution in [3.63, 3.8) is 0 Å². The third-order valence-electron chi connectivity index (χ3n) is 5.03. The second-order valence-electron chi connectivity index (χ2n) is 6.75. The largest absolute Gasteiger partial charge is 0.497 e. The first-order chi connectivity index (χ1) is 12.5. The van der Waals surface area contributed by atoms with Crippen LogP contribution in [0, 0.1) is 11.8 Å². The Morgan fingerprint density at radius 2 is 2.04 bits per heavy atom. The lowest BCUT2D eigenvalue weighted by Crippen LogP contribution is -2.44. The lowest BCUT2D eigenvalue weighted by atomic mass is 9.70. The van der Waals surface area contributed by atoms with Gasteiger partial charge in [0.05, 0.1) is 13.7 Å². The van der Waals surface area contributed by atoms with Crippen LogP contribution in [0.15, 0.2) is 35.5 Å². The molecule has 3 rings (SSSR count). The Morgan fingerprint density at radius 3 is 2.73 bits per heavy atom. The van der Waals surface area contributed by atoms with Gasteiger partial charge in [0.25, 0.3) is 0 Å². The number of ether oxygens (including phenoxy) is 2. The molecular formula is C20H23NO5. The molecule has 1 heterocycles. The average molecular weight is 357 g/mol. The minimum absolute atomic E-state index is 0.119. The van der Waals surface area contributed by atoms with Gasteiger partial charge in [0.1, 0.15) is 11.7 Å². The first-order valence-corrected chi connectivity index (χ1v) is 8.84. The van der Waals surface area contributed by atoms with Gasteiger partial charge in [-0.3, -0.25) is 14.4 Å². The Balaban J connectivity index is 2.04. The van der Waals surface area contributed by atoms with Crippen LogP contribution in [0.4, 0.5) is 0 Å². The highest BCUT2D eigenvalue weighted by atomic mass is 16.5. The van der Waals surface area contributed by atoms with Crippen molar-refractivity contribution in [3.05, 3.63) is 41.1 Å². The number of Topliss-reactive ketones (excluding diaryl/α,β-unsaturated/α-hetero) is 1. The van der Waals surface area contributed by atoms with Crippen molar-refractivity contribution < 1.29 is 23.9 Å². The number of amides is 1. The summed E-state index contributed by atoms with van der Waals surface area (Å²) < 4.78 is 10.4. The fourth-order valence-corrected chi connectivity index (χ4v) is 3.85. The molecule has 138 valence electrons. The summed E-state index contributed by atoms with van der Waals surface area (Å²) in [5.41, 5.74) is 1.98. The summed E-state index contributed by atoms with van der Waals surface area (Å²) in [7, 11) is 1.57. The van der Waals surface area contributed by atoms with Crippen molar-refractivity contribution in [2.24, 2.45) is 11.8 Å². The maximum atomic E-state index is 13.2. The molecule has 1 N–H and O–H groups in total. The van der Waals surface area contributed by atoms with Crippen LogP contribution in [0.1, 0.15) is 38.2 Å². The van der Waals surface area contributed by atoms with Gasteiger partial charge in [-0.2, -0.15) is 0 Å². The molecule has 3 atom stereocenters. The molecule has 0 saturated heterocycles. The number of ketones is 1. The lowest BCUT2D eigenvalue weighted by molar-refractivity contribution is -0.153. The number of esters is 1. The van der Waals surface area contributed by atoms with Crippen LogP contribution in [0.25, 0.3) is 0 Å². The van der Waals surface area contributed by atoms with E-state index in [1.165, 1.54) is 0 Å². The summed E-state index contributed by atoms with van der Waals surface area (Å²) in [6.07, 6.45) is 0.637. The van der Waals surface area contributed by atoms with Crippen LogP contribution in [0.5, 0.6) is 5.75 Å². The van der Waals surface area contributed by atoms with Gasteiger partial charge in [-0.1, -0.05) is 19.1 Å². The summed E-state index contributed by atoms with van der Waals surface area (Å²) in [5, 5.41) is 2.84. The van der Waals surface area contributed by atoms with Gasteiger partial charge in [0.15, 0.2) is 5.78 Å². The molecule has 2 aliphatic rings. The van der Waals surface area contributed by atoms with E-state index in [1.807, 2.05) is 31.2 Å². The predicted octanol–water partition coefficient (Wildman–Crippen LogP) is 2.34. The molecule has 1 amide bonds. The van der Waals surface area contributed by atoms with Gasteiger partial charge < -0.3 is 14.8 Å². The molecular weight excluding hydrogens is 334 g/mol. The first kappa shape index (κ1) is 18.2. The Morgan fingerprint density at radius 1 is 1.27 bits per heavy atom. The minimum Gasteiger partial charge on any atom is -0.497 e. The smallest absolute Gasteiger partial charge is 0.317 e. The van der Waals surface area contributed by atoms with E-state index in [4.69, 9.17) is 9.47 Å². The van der Waals surface area contributed by atoms with Crippen molar-refractivity contribution >= 4 is 17.7 Å². The van der Waals surface area contributed by atoms with Crippen LogP contribution >= 0.6 is 0 Å². The Hall–Kier alpha value is -2.63. The normalized spacial score (nSPS) is 25.4. The number of benzene rings is 1. The van der Waals surface area contributed by atoms with Gasteiger partial charge in [0.2, 0.25) is 5.91 Å². The molecule has 0 bridgehead atoms. The second-order valence-corrected chi connectivity index (χ2v) is 6.75. The fraction of sp³-hybridized carbons (Fsp3) is 0.450. The van der Waals surface area contributed by atoms with Gasteiger partial charge in [-0.15, -0.1) is 0 Å². The molecule has 3 unspecified atom stereocenters. The van der Waals surface area contributed by atoms with E-state index >= 15 is 0 Å². The van der Waals surface area contributed by atoms with E-state index < -0.39 is 11.9 Å². The maximum Gasteiger partial charge on any atom is 0.317 e. The van der Waals surface area contributed by atoms with Crippen LogP contribution in [-0.4, -0.2) is 31.4 Å². The molecule has 0 fully saturated rings. The molecule has 1 aromatic rings. The summed E-state index contributed by atoms with van der Waals surface area (Å²) in [6, 6.07) is 7.35. The Kier molecular flexibility index (Phi) is 5.11. The van der Waals surface area contributed by atoms with Gasteiger partial charge in [-0.25, -0.2) is 0 Å².